The molecule has 0 saturated heterocycles. The average Bonchev–Trinajstić information content (AvgIpc) is 2.79. The third-order valence-corrected chi connectivity index (χ3v) is 5.85. The Balaban J connectivity index is 1.37. The molecule has 1 aliphatic rings. The smallest absolute Gasteiger partial charge is 0.395 e. The van der Waals surface area contributed by atoms with Gasteiger partial charge in [0.2, 0.25) is 0 Å². The molecule has 12 heteroatoms. The van der Waals surface area contributed by atoms with Gasteiger partial charge in [0.25, 0.3) is 5.56 Å². The van der Waals surface area contributed by atoms with Gasteiger partial charge in [-0.1, -0.05) is 0 Å². The highest BCUT2D eigenvalue weighted by Crippen LogP contribution is 2.32. The Hall–Kier alpha value is -3.96. The molecule has 4 N–H and O–H groups in total. The molecule has 0 aliphatic carbocycles. The minimum Gasteiger partial charge on any atom is -0.395 e. The fraction of sp³-hybridized carbons (Fsp3) is 0.292. The monoisotopic (exact) mass is 506 g/mol. The molecule has 0 spiro atoms. The van der Waals surface area contributed by atoms with Gasteiger partial charge in [-0.05, 0) is 55.3 Å². The normalized spacial score (nSPS) is 14.0. The van der Waals surface area contributed by atoms with Gasteiger partial charge < -0.3 is 16.0 Å². The van der Waals surface area contributed by atoms with E-state index in [1.165, 1.54) is 6.07 Å². The highest BCUT2D eigenvalue weighted by molar-refractivity contribution is 5.68. The molecule has 1 aromatic carbocycles. The summed E-state index contributed by atoms with van der Waals surface area (Å²) in [5.74, 6) is -1.21. The number of aromatic amines is 1. The predicted octanol–water partition coefficient (Wildman–Crippen LogP) is 4.78. The number of benzene rings is 1. The summed E-state index contributed by atoms with van der Waals surface area (Å²) in [5, 5.41) is 7.97. The first-order valence-corrected chi connectivity index (χ1v) is 11.1. The molecule has 0 unspecified atom stereocenters. The Morgan fingerprint density at radius 3 is 2.69 bits per heavy atom. The molecule has 3 heterocycles. The van der Waals surface area contributed by atoms with Gasteiger partial charge in [-0.15, -0.1) is 0 Å². The third-order valence-electron chi connectivity index (χ3n) is 5.85. The van der Waals surface area contributed by atoms with E-state index in [-0.39, 0.29) is 28.7 Å². The van der Waals surface area contributed by atoms with E-state index in [9.17, 15) is 26.7 Å². The van der Waals surface area contributed by atoms with Crippen LogP contribution in [0.15, 0.2) is 41.6 Å². The van der Waals surface area contributed by atoms with Gasteiger partial charge in [-0.3, -0.25) is 9.78 Å². The van der Waals surface area contributed by atoms with Crippen molar-refractivity contribution in [1.29, 1.82) is 0 Å². The molecule has 0 fully saturated rings. The Kier molecular flexibility index (Phi) is 6.95. The number of hydrogen-bond donors (Lipinski definition) is 3. The van der Waals surface area contributed by atoms with Crippen molar-refractivity contribution >= 4 is 17.5 Å². The van der Waals surface area contributed by atoms with E-state index in [0.29, 0.717) is 25.9 Å². The molecule has 3 aromatic rings. The summed E-state index contributed by atoms with van der Waals surface area (Å²) < 4.78 is 68.2. The zero-order chi connectivity index (χ0) is 26.0. The Labute approximate surface area is 202 Å². The third kappa shape index (κ3) is 5.47. The molecule has 0 bridgehead atoms. The highest BCUT2D eigenvalue weighted by Gasteiger charge is 2.37. The minimum absolute atomic E-state index is 0.118. The van der Waals surface area contributed by atoms with Crippen molar-refractivity contribution in [1.82, 2.24) is 20.1 Å². The molecule has 190 valence electrons. The van der Waals surface area contributed by atoms with Gasteiger partial charge in [-0.2, -0.15) is 18.3 Å². The van der Waals surface area contributed by atoms with Crippen LogP contribution in [-0.2, 0) is 12.7 Å². The summed E-state index contributed by atoms with van der Waals surface area (Å²) in [5.41, 5.74) is 4.17. The average molecular weight is 506 g/mol. The molecule has 1 atom stereocenters. The molecule has 36 heavy (non-hydrogen) atoms. The van der Waals surface area contributed by atoms with Gasteiger partial charge in [0, 0.05) is 30.8 Å². The van der Waals surface area contributed by atoms with Gasteiger partial charge in [0.1, 0.15) is 17.2 Å². The highest BCUT2D eigenvalue weighted by atomic mass is 19.4. The van der Waals surface area contributed by atoms with Crippen molar-refractivity contribution in [2.24, 2.45) is 0 Å². The van der Waals surface area contributed by atoms with Crippen molar-refractivity contribution in [2.45, 2.75) is 38.5 Å². The second kappa shape index (κ2) is 9.96. The Morgan fingerprint density at radius 1 is 1.19 bits per heavy atom. The van der Waals surface area contributed by atoms with Crippen LogP contribution in [0.4, 0.5) is 33.3 Å². The van der Waals surface area contributed by atoms with Crippen LogP contribution in [0.2, 0.25) is 0 Å². The lowest BCUT2D eigenvalue weighted by atomic mass is 9.98. The van der Waals surface area contributed by atoms with Crippen LogP contribution in [0, 0.1) is 11.6 Å². The van der Waals surface area contributed by atoms with Crippen molar-refractivity contribution < 1.29 is 22.0 Å². The van der Waals surface area contributed by atoms with E-state index in [1.807, 2.05) is 17.2 Å². The molecule has 1 aliphatic heterocycles. The second-order valence-electron chi connectivity index (χ2n) is 8.58. The van der Waals surface area contributed by atoms with Crippen LogP contribution in [0.25, 0.3) is 17.3 Å². The van der Waals surface area contributed by atoms with Crippen LogP contribution in [0.5, 0.6) is 0 Å². The maximum absolute atomic E-state index is 14.8. The number of rotatable bonds is 7. The Morgan fingerprint density at radius 2 is 1.97 bits per heavy atom. The second-order valence-corrected chi connectivity index (χ2v) is 8.58. The van der Waals surface area contributed by atoms with E-state index in [4.69, 9.17) is 5.73 Å². The number of fused-ring (bicyclic) bond motifs is 1. The van der Waals surface area contributed by atoms with Crippen LogP contribution < -0.4 is 16.6 Å². The Bertz CT molecular complexity index is 1350. The summed E-state index contributed by atoms with van der Waals surface area (Å²) in [7, 11) is 0. The van der Waals surface area contributed by atoms with E-state index < -0.39 is 28.9 Å². The number of alkyl halides is 3. The van der Waals surface area contributed by atoms with Crippen molar-refractivity contribution in [3.8, 4) is 11.3 Å². The first-order valence-electron chi connectivity index (χ1n) is 11.1. The molecule has 4 rings (SSSR count). The van der Waals surface area contributed by atoms with Crippen LogP contribution in [0.1, 0.15) is 36.5 Å². The SMILES string of the molecule is C[C@@H](CCCN1C=Cc2cc(-c3cc(F)c(N)cn3)c(F)cc2C1)Nc1cn[nH]c(=O)c1C(F)(F)F. The standard InChI is InChI=1S/C24H23F5N6O/c1-13(33-21-11-32-34-23(36)22(21)24(27,28)29)3-2-5-35-6-4-14-7-16(17(25)8-15(14)12-35)20-9-18(26)19(30)10-31-20/h4,6-11,13H,2-3,5,12,30H2,1H3,(H2,33,34,36)/t13-/m0/s1. The van der Waals surface area contributed by atoms with Gasteiger partial charge in [0.05, 0.1) is 29.5 Å². The van der Waals surface area contributed by atoms with Gasteiger partial charge in [0.15, 0.2) is 0 Å². The van der Waals surface area contributed by atoms with Gasteiger partial charge in [-0.25, -0.2) is 13.9 Å². The molecular formula is C24H23F5N6O. The van der Waals surface area contributed by atoms with Crippen molar-refractivity contribution in [3.05, 3.63) is 75.5 Å². The maximum Gasteiger partial charge on any atom is 0.423 e. The molecular weight excluding hydrogens is 483 g/mol. The fourth-order valence-electron chi connectivity index (χ4n) is 4.05. The first kappa shape index (κ1) is 25.1. The predicted molar refractivity (Wildman–Crippen MR) is 126 cm³/mol. The van der Waals surface area contributed by atoms with Gasteiger partial charge >= 0.3 is 6.18 Å². The first-order chi connectivity index (χ1) is 17.0. The fourth-order valence-corrected chi connectivity index (χ4v) is 4.05. The number of nitrogens with one attached hydrogen (secondary N) is 2. The summed E-state index contributed by atoms with van der Waals surface area (Å²) >= 11 is 0. The number of nitrogens with two attached hydrogens (primary N) is 1. The summed E-state index contributed by atoms with van der Waals surface area (Å²) in [6.07, 6.45) is 2.09. The summed E-state index contributed by atoms with van der Waals surface area (Å²) in [4.78, 5) is 17.6. The van der Waals surface area contributed by atoms with Crippen molar-refractivity contribution in [3.63, 3.8) is 0 Å². The largest absolute Gasteiger partial charge is 0.423 e. The molecule has 0 amide bonds. The number of pyridine rings is 1. The van der Waals surface area contributed by atoms with Crippen molar-refractivity contribution in [2.75, 3.05) is 17.6 Å². The number of aromatic nitrogens is 3. The summed E-state index contributed by atoms with van der Waals surface area (Å²) in [6.45, 7) is 2.73. The minimum atomic E-state index is -4.81. The number of hydrogen-bond acceptors (Lipinski definition) is 6. The van der Waals surface area contributed by atoms with E-state index in [0.717, 1.165) is 29.6 Å². The number of anilines is 2. The number of nitrogen functional groups attached to an aromatic ring is 1. The van der Waals surface area contributed by atoms with E-state index in [1.54, 1.807) is 18.1 Å². The quantitative estimate of drug-likeness (QED) is 0.399. The van der Waals surface area contributed by atoms with Crippen LogP contribution >= 0.6 is 0 Å². The summed E-state index contributed by atoms with van der Waals surface area (Å²) in [6, 6.07) is 3.73. The molecule has 2 aromatic heterocycles. The van der Waals surface area contributed by atoms with Crippen LogP contribution in [0.3, 0.4) is 0 Å². The van der Waals surface area contributed by atoms with E-state index >= 15 is 0 Å². The maximum atomic E-state index is 14.8. The molecule has 0 radical (unpaired) electrons. The topological polar surface area (TPSA) is 99.9 Å². The van der Waals surface area contributed by atoms with E-state index in [2.05, 4.69) is 15.4 Å². The molecule has 0 saturated carbocycles. The van der Waals surface area contributed by atoms with Crippen LogP contribution in [-0.4, -0.2) is 32.7 Å². The lowest BCUT2D eigenvalue weighted by Crippen LogP contribution is -2.28. The zero-order valence-electron chi connectivity index (χ0n) is 19.2. The number of nitrogens with zero attached hydrogens (tertiary/aromatic N) is 3. The number of H-pyrrole nitrogens is 1. The number of halogens is 5. The lowest BCUT2D eigenvalue weighted by molar-refractivity contribution is -0.138. The zero-order valence-corrected chi connectivity index (χ0v) is 19.2. The lowest BCUT2D eigenvalue weighted by Gasteiger charge is -2.26. The molecule has 7 nitrogen and oxygen atoms in total.